The van der Waals surface area contributed by atoms with E-state index in [1.165, 1.54) is 0 Å². The Labute approximate surface area is 176 Å². The number of amides is 1. The highest BCUT2D eigenvalue weighted by molar-refractivity contribution is 5.94. The SMILES string of the molecule is CCN(Cc1ccccc1)C(=O)c1cccc(Cc2n[nH]c(=O)c3c2CCCC3)c1. The third-order valence-electron chi connectivity index (χ3n) is 5.81. The third kappa shape index (κ3) is 4.35. The van der Waals surface area contributed by atoms with Crippen molar-refractivity contribution >= 4 is 5.91 Å². The maximum absolute atomic E-state index is 13.1. The Morgan fingerprint density at radius 2 is 1.73 bits per heavy atom. The molecule has 1 amide bonds. The summed E-state index contributed by atoms with van der Waals surface area (Å²) >= 11 is 0. The molecule has 4 rings (SSSR count). The van der Waals surface area contributed by atoms with Crippen molar-refractivity contribution in [3.8, 4) is 0 Å². The van der Waals surface area contributed by atoms with E-state index in [1.807, 2.05) is 66.4 Å². The summed E-state index contributed by atoms with van der Waals surface area (Å²) in [5.41, 5.74) is 5.68. The van der Waals surface area contributed by atoms with E-state index < -0.39 is 0 Å². The number of aromatic amines is 1. The Kier molecular flexibility index (Phi) is 6.07. The number of nitrogens with one attached hydrogen (secondary N) is 1. The summed E-state index contributed by atoms with van der Waals surface area (Å²) in [6.45, 7) is 3.24. The normalized spacial score (nSPS) is 13.0. The van der Waals surface area contributed by atoms with Crippen molar-refractivity contribution in [2.24, 2.45) is 0 Å². The molecule has 0 aliphatic heterocycles. The number of carbonyl (C=O) groups is 1. The Morgan fingerprint density at radius 1 is 1.00 bits per heavy atom. The molecule has 2 aromatic carbocycles. The Balaban J connectivity index is 1.56. The van der Waals surface area contributed by atoms with Gasteiger partial charge in [0.05, 0.1) is 5.69 Å². The molecule has 0 radical (unpaired) electrons. The van der Waals surface area contributed by atoms with E-state index in [1.54, 1.807) is 0 Å². The monoisotopic (exact) mass is 401 g/mol. The molecule has 5 heteroatoms. The summed E-state index contributed by atoms with van der Waals surface area (Å²) in [5.74, 6) is 0.0275. The summed E-state index contributed by atoms with van der Waals surface area (Å²) in [4.78, 5) is 27.1. The molecule has 1 aliphatic carbocycles. The number of nitrogens with zero attached hydrogens (tertiary/aromatic N) is 2. The van der Waals surface area contributed by atoms with Crippen molar-refractivity contribution in [3.63, 3.8) is 0 Å². The van der Waals surface area contributed by atoms with Crippen molar-refractivity contribution in [1.29, 1.82) is 0 Å². The van der Waals surface area contributed by atoms with Gasteiger partial charge in [0.15, 0.2) is 0 Å². The summed E-state index contributed by atoms with van der Waals surface area (Å²) in [7, 11) is 0. The highest BCUT2D eigenvalue weighted by Gasteiger charge is 2.19. The number of benzene rings is 2. The fourth-order valence-corrected chi connectivity index (χ4v) is 4.20. The lowest BCUT2D eigenvalue weighted by molar-refractivity contribution is 0.0752. The van der Waals surface area contributed by atoms with E-state index in [0.29, 0.717) is 25.1 Å². The van der Waals surface area contributed by atoms with Crippen LogP contribution in [0.25, 0.3) is 0 Å². The van der Waals surface area contributed by atoms with Crippen LogP contribution < -0.4 is 5.56 Å². The zero-order valence-electron chi connectivity index (χ0n) is 17.4. The minimum absolute atomic E-state index is 0.0275. The van der Waals surface area contributed by atoms with Crippen LogP contribution in [0.1, 0.15) is 58.1 Å². The minimum atomic E-state index is -0.0584. The molecule has 0 unspecified atom stereocenters. The molecule has 1 aromatic heterocycles. The standard InChI is InChI=1S/C25H27N3O2/c1-2-28(17-18-9-4-3-5-10-18)25(30)20-12-8-11-19(15-20)16-23-21-13-6-7-14-22(21)24(29)27-26-23/h3-5,8-12,15H,2,6-7,13-14,16-17H2,1H3,(H,27,29). The van der Waals surface area contributed by atoms with Crippen LogP contribution in [0.4, 0.5) is 0 Å². The fraction of sp³-hybridized carbons (Fsp3) is 0.320. The lowest BCUT2D eigenvalue weighted by Gasteiger charge is -2.21. The van der Waals surface area contributed by atoms with Gasteiger partial charge in [0.2, 0.25) is 0 Å². The molecule has 154 valence electrons. The summed E-state index contributed by atoms with van der Waals surface area (Å²) in [6, 6.07) is 17.8. The first kappa shape index (κ1) is 20.1. The molecule has 0 atom stereocenters. The van der Waals surface area contributed by atoms with Crippen LogP contribution in [0.3, 0.4) is 0 Å². The molecule has 5 nitrogen and oxygen atoms in total. The van der Waals surface area contributed by atoms with Gasteiger partial charge >= 0.3 is 0 Å². The average molecular weight is 402 g/mol. The zero-order chi connectivity index (χ0) is 20.9. The van der Waals surface area contributed by atoms with Crippen molar-refractivity contribution in [3.05, 3.63) is 98.5 Å². The molecule has 1 N–H and O–H groups in total. The van der Waals surface area contributed by atoms with E-state index in [-0.39, 0.29) is 11.5 Å². The topological polar surface area (TPSA) is 66.1 Å². The quantitative estimate of drug-likeness (QED) is 0.681. The Hall–Kier alpha value is -3.21. The predicted molar refractivity (Wildman–Crippen MR) is 118 cm³/mol. The maximum atomic E-state index is 13.1. The summed E-state index contributed by atoms with van der Waals surface area (Å²) in [6.07, 6.45) is 4.49. The van der Waals surface area contributed by atoms with Gasteiger partial charge < -0.3 is 4.90 Å². The van der Waals surface area contributed by atoms with Crippen LogP contribution in [0.2, 0.25) is 0 Å². The summed E-state index contributed by atoms with van der Waals surface area (Å²) in [5, 5.41) is 7.00. The second-order valence-corrected chi connectivity index (χ2v) is 7.85. The molecule has 0 spiro atoms. The largest absolute Gasteiger partial charge is 0.335 e. The van der Waals surface area contributed by atoms with Gasteiger partial charge in [0.25, 0.3) is 11.5 Å². The van der Waals surface area contributed by atoms with E-state index in [9.17, 15) is 9.59 Å². The van der Waals surface area contributed by atoms with Gasteiger partial charge in [-0.15, -0.1) is 0 Å². The Bertz CT molecular complexity index is 1090. The van der Waals surface area contributed by atoms with Gasteiger partial charge in [-0.05, 0) is 61.4 Å². The first-order valence-electron chi connectivity index (χ1n) is 10.7. The van der Waals surface area contributed by atoms with Crippen molar-refractivity contribution < 1.29 is 4.79 Å². The van der Waals surface area contributed by atoms with E-state index in [0.717, 1.165) is 53.6 Å². The zero-order valence-corrected chi connectivity index (χ0v) is 17.4. The molecule has 1 heterocycles. The number of rotatable bonds is 6. The van der Waals surface area contributed by atoms with Crippen LogP contribution in [-0.2, 0) is 25.8 Å². The molecule has 30 heavy (non-hydrogen) atoms. The molecule has 0 saturated heterocycles. The fourth-order valence-electron chi connectivity index (χ4n) is 4.20. The molecule has 0 bridgehead atoms. The number of fused-ring (bicyclic) bond motifs is 1. The third-order valence-corrected chi connectivity index (χ3v) is 5.81. The van der Waals surface area contributed by atoms with Gasteiger partial charge in [-0.3, -0.25) is 9.59 Å². The van der Waals surface area contributed by atoms with Gasteiger partial charge in [-0.1, -0.05) is 42.5 Å². The molecule has 1 aliphatic rings. The lowest BCUT2D eigenvalue weighted by Crippen LogP contribution is -2.30. The first-order valence-corrected chi connectivity index (χ1v) is 10.7. The molecular formula is C25H27N3O2. The lowest BCUT2D eigenvalue weighted by atomic mass is 9.90. The molecular weight excluding hydrogens is 374 g/mol. The van der Waals surface area contributed by atoms with Crippen LogP contribution in [0.15, 0.2) is 59.4 Å². The van der Waals surface area contributed by atoms with Gasteiger partial charge in [-0.2, -0.15) is 5.10 Å². The van der Waals surface area contributed by atoms with Gasteiger partial charge in [-0.25, -0.2) is 5.10 Å². The van der Waals surface area contributed by atoms with Crippen molar-refractivity contribution in [2.45, 2.75) is 45.6 Å². The van der Waals surface area contributed by atoms with E-state index in [2.05, 4.69) is 10.2 Å². The first-order chi connectivity index (χ1) is 14.7. The molecule has 3 aromatic rings. The number of hydrogen-bond donors (Lipinski definition) is 1. The number of carbonyl (C=O) groups excluding carboxylic acids is 1. The van der Waals surface area contributed by atoms with Crippen LogP contribution in [0, 0.1) is 0 Å². The van der Waals surface area contributed by atoms with Crippen LogP contribution in [-0.4, -0.2) is 27.5 Å². The Morgan fingerprint density at radius 3 is 2.50 bits per heavy atom. The predicted octanol–water partition coefficient (Wildman–Crippen LogP) is 3.90. The smallest absolute Gasteiger partial charge is 0.267 e. The van der Waals surface area contributed by atoms with E-state index >= 15 is 0 Å². The maximum Gasteiger partial charge on any atom is 0.267 e. The highest BCUT2D eigenvalue weighted by atomic mass is 16.2. The number of aromatic nitrogens is 2. The molecule has 0 fully saturated rings. The van der Waals surface area contributed by atoms with Crippen LogP contribution >= 0.6 is 0 Å². The second kappa shape index (κ2) is 9.08. The van der Waals surface area contributed by atoms with Crippen molar-refractivity contribution in [2.75, 3.05) is 6.54 Å². The van der Waals surface area contributed by atoms with Crippen LogP contribution in [0.5, 0.6) is 0 Å². The summed E-state index contributed by atoms with van der Waals surface area (Å²) < 4.78 is 0. The van der Waals surface area contributed by atoms with Gasteiger partial charge in [0, 0.05) is 30.6 Å². The van der Waals surface area contributed by atoms with Crippen molar-refractivity contribution in [1.82, 2.24) is 15.1 Å². The van der Waals surface area contributed by atoms with E-state index in [4.69, 9.17) is 0 Å². The number of H-pyrrole nitrogens is 1. The average Bonchev–Trinajstić information content (AvgIpc) is 2.80. The highest BCUT2D eigenvalue weighted by Crippen LogP contribution is 2.22. The minimum Gasteiger partial charge on any atom is -0.335 e. The molecule has 0 saturated carbocycles. The van der Waals surface area contributed by atoms with Gasteiger partial charge in [0.1, 0.15) is 0 Å². The second-order valence-electron chi connectivity index (χ2n) is 7.85. The number of hydrogen-bond acceptors (Lipinski definition) is 3.